The number of hydrogen-bond acceptors (Lipinski definition) is 3. The average Bonchev–Trinajstić information content (AvgIpc) is 3.07. The zero-order valence-electron chi connectivity index (χ0n) is 15.4. The van der Waals surface area contributed by atoms with Crippen molar-refractivity contribution in [2.45, 2.75) is 39.2 Å². The first-order valence-corrected chi connectivity index (χ1v) is 10.1. The standard InChI is InChI=1S/C19H31BrN4O/c1-3-21-19(22-12-5-6-14-25-4-2)23-17-11-13-24(15-17)18-9-7-16(20)8-10-18/h7-10,17H,3-6,11-15H2,1-2H3,(H2,21,22,23). The molecule has 0 radical (unpaired) electrons. The summed E-state index contributed by atoms with van der Waals surface area (Å²) < 4.78 is 6.49. The Morgan fingerprint density at radius 1 is 1.28 bits per heavy atom. The van der Waals surface area contributed by atoms with Crippen LogP contribution in [0.25, 0.3) is 0 Å². The molecule has 2 rings (SSSR count). The molecule has 1 unspecified atom stereocenters. The predicted molar refractivity (Wildman–Crippen MR) is 110 cm³/mol. The van der Waals surface area contributed by atoms with Gasteiger partial charge in [0.1, 0.15) is 0 Å². The number of nitrogens with one attached hydrogen (secondary N) is 2. The molecule has 6 heteroatoms. The Labute approximate surface area is 160 Å². The molecule has 0 amide bonds. The summed E-state index contributed by atoms with van der Waals surface area (Å²) in [5, 5.41) is 6.94. The summed E-state index contributed by atoms with van der Waals surface area (Å²) in [5.74, 6) is 0.932. The van der Waals surface area contributed by atoms with Gasteiger partial charge in [-0.3, -0.25) is 4.99 Å². The summed E-state index contributed by atoms with van der Waals surface area (Å²) in [6.45, 7) is 9.58. The Kier molecular flexibility index (Phi) is 9.11. The number of hydrogen-bond donors (Lipinski definition) is 2. The van der Waals surface area contributed by atoms with Crippen molar-refractivity contribution in [3.05, 3.63) is 28.7 Å². The van der Waals surface area contributed by atoms with Gasteiger partial charge in [0.2, 0.25) is 0 Å². The van der Waals surface area contributed by atoms with E-state index in [-0.39, 0.29) is 0 Å². The van der Waals surface area contributed by atoms with Crippen LogP contribution in [0.2, 0.25) is 0 Å². The Morgan fingerprint density at radius 2 is 2.08 bits per heavy atom. The highest BCUT2D eigenvalue weighted by atomic mass is 79.9. The van der Waals surface area contributed by atoms with E-state index in [1.54, 1.807) is 0 Å². The van der Waals surface area contributed by atoms with Gasteiger partial charge in [-0.05, 0) is 57.4 Å². The number of anilines is 1. The summed E-state index contributed by atoms with van der Waals surface area (Å²) in [4.78, 5) is 7.12. The molecule has 1 aliphatic rings. The lowest BCUT2D eigenvalue weighted by atomic mass is 10.2. The Hall–Kier alpha value is -1.27. The van der Waals surface area contributed by atoms with Gasteiger partial charge >= 0.3 is 0 Å². The fourth-order valence-corrected chi connectivity index (χ4v) is 3.19. The number of nitrogens with zero attached hydrogens (tertiary/aromatic N) is 2. The van der Waals surface area contributed by atoms with E-state index < -0.39 is 0 Å². The molecule has 1 fully saturated rings. The number of guanidine groups is 1. The van der Waals surface area contributed by atoms with E-state index in [1.165, 1.54) is 5.69 Å². The van der Waals surface area contributed by atoms with Gasteiger partial charge in [0.05, 0.1) is 0 Å². The molecule has 1 saturated heterocycles. The molecule has 2 N–H and O–H groups in total. The molecule has 140 valence electrons. The molecule has 1 atom stereocenters. The van der Waals surface area contributed by atoms with Gasteiger partial charge < -0.3 is 20.3 Å². The smallest absolute Gasteiger partial charge is 0.191 e. The number of ether oxygens (including phenoxy) is 1. The molecule has 1 aromatic carbocycles. The van der Waals surface area contributed by atoms with E-state index >= 15 is 0 Å². The minimum Gasteiger partial charge on any atom is -0.382 e. The van der Waals surface area contributed by atoms with Crippen molar-refractivity contribution in [2.24, 2.45) is 4.99 Å². The zero-order chi connectivity index (χ0) is 17.9. The molecule has 1 aliphatic heterocycles. The summed E-state index contributed by atoms with van der Waals surface area (Å²) in [7, 11) is 0. The second-order valence-corrected chi connectivity index (χ2v) is 7.13. The van der Waals surface area contributed by atoms with Crippen molar-refractivity contribution >= 4 is 27.6 Å². The molecule has 1 heterocycles. The number of halogens is 1. The molecule has 5 nitrogen and oxygen atoms in total. The average molecular weight is 411 g/mol. The highest BCUT2D eigenvalue weighted by molar-refractivity contribution is 9.10. The van der Waals surface area contributed by atoms with E-state index in [0.29, 0.717) is 6.04 Å². The lowest BCUT2D eigenvalue weighted by Crippen LogP contribution is -2.44. The van der Waals surface area contributed by atoms with Crippen LogP contribution in [0.15, 0.2) is 33.7 Å². The van der Waals surface area contributed by atoms with E-state index in [0.717, 1.165) is 69.1 Å². The van der Waals surface area contributed by atoms with Crippen LogP contribution in [-0.2, 0) is 4.74 Å². The maximum absolute atomic E-state index is 5.37. The molecule has 25 heavy (non-hydrogen) atoms. The summed E-state index contributed by atoms with van der Waals surface area (Å²) in [6.07, 6.45) is 3.26. The Morgan fingerprint density at radius 3 is 2.80 bits per heavy atom. The van der Waals surface area contributed by atoms with Crippen LogP contribution in [0.5, 0.6) is 0 Å². The minimum absolute atomic E-state index is 0.435. The van der Waals surface area contributed by atoms with Crippen molar-refractivity contribution in [1.82, 2.24) is 10.6 Å². The summed E-state index contributed by atoms with van der Waals surface area (Å²) >= 11 is 3.50. The zero-order valence-corrected chi connectivity index (χ0v) is 17.0. The molecular weight excluding hydrogens is 380 g/mol. The monoisotopic (exact) mass is 410 g/mol. The van der Waals surface area contributed by atoms with Crippen LogP contribution in [-0.4, -0.2) is 51.4 Å². The van der Waals surface area contributed by atoms with Crippen LogP contribution < -0.4 is 15.5 Å². The summed E-state index contributed by atoms with van der Waals surface area (Å²) in [6, 6.07) is 8.98. The number of rotatable bonds is 9. The molecule has 1 aromatic rings. The molecular formula is C19H31BrN4O. The fraction of sp³-hybridized carbons (Fsp3) is 0.632. The number of benzene rings is 1. The molecule has 0 spiro atoms. The topological polar surface area (TPSA) is 48.9 Å². The number of unbranched alkanes of at least 4 members (excludes halogenated alkanes) is 1. The van der Waals surface area contributed by atoms with E-state index in [9.17, 15) is 0 Å². The first-order valence-electron chi connectivity index (χ1n) is 9.36. The lowest BCUT2D eigenvalue weighted by Gasteiger charge is -2.20. The number of aliphatic imine (C=N–C) groups is 1. The second kappa shape index (κ2) is 11.4. The van der Waals surface area contributed by atoms with Crippen molar-refractivity contribution < 1.29 is 4.74 Å². The first-order chi connectivity index (χ1) is 12.2. The van der Waals surface area contributed by atoms with E-state index in [2.05, 4.69) is 62.7 Å². The quantitative estimate of drug-likeness (QED) is 0.372. The van der Waals surface area contributed by atoms with Gasteiger partial charge in [-0.1, -0.05) is 15.9 Å². The maximum atomic E-state index is 5.37. The van der Waals surface area contributed by atoms with Crippen molar-refractivity contribution in [3.63, 3.8) is 0 Å². The van der Waals surface area contributed by atoms with Crippen LogP contribution in [0.1, 0.15) is 33.1 Å². The normalized spacial score (nSPS) is 17.8. The van der Waals surface area contributed by atoms with Gasteiger partial charge in [-0.2, -0.15) is 0 Å². The van der Waals surface area contributed by atoms with Crippen molar-refractivity contribution in [1.29, 1.82) is 0 Å². The van der Waals surface area contributed by atoms with Gasteiger partial charge in [0, 0.05) is 55.6 Å². The largest absolute Gasteiger partial charge is 0.382 e. The van der Waals surface area contributed by atoms with Crippen LogP contribution in [0.3, 0.4) is 0 Å². The molecule has 0 bridgehead atoms. The van der Waals surface area contributed by atoms with Crippen LogP contribution in [0.4, 0.5) is 5.69 Å². The molecule has 0 saturated carbocycles. The predicted octanol–water partition coefficient (Wildman–Crippen LogP) is 3.40. The van der Waals surface area contributed by atoms with Crippen molar-refractivity contribution in [3.8, 4) is 0 Å². The van der Waals surface area contributed by atoms with E-state index in [1.807, 2.05) is 6.92 Å². The molecule has 0 aromatic heterocycles. The van der Waals surface area contributed by atoms with Crippen LogP contribution in [0, 0.1) is 0 Å². The second-order valence-electron chi connectivity index (χ2n) is 6.22. The SMILES string of the molecule is CCNC(=NCCCCOCC)NC1CCN(c2ccc(Br)cc2)C1. The highest BCUT2D eigenvalue weighted by Gasteiger charge is 2.23. The first kappa shape index (κ1) is 20.0. The minimum atomic E-state index is 0.435. The molecule has 0 aliphatic carbocycles. The Bertz CT molecular complexity index is 521. The van der Waals surface area contributed by atoms with Gasteiger partial charge in [-0.25, -0.2) is 0 Å². The lowest BCUT2D eigenvalue weighted by molar-refractivity contribution is 0.144. The van der Waals surface area contributed by atoms with Gasteiger partial charge in [0.15, 0.2) is 5.96 Å². The van der Waals surface area contributed by atoms with Crippen molar-refractivity contribution in [2.75, 3.05) is 44.3 Å². The highest BCUT2D eigenvalue weighted by Crippen LogP contribution is 2.22. The van der Waals surface area contributed by atoms with Gasteiger partial charge in [0.25, 0.3) is 0 Å². The third-order valence-corrected chi connectivity index (χ3v) is 4.76. The summed E-state index contributed by atoms with van der Waals surface area (Å²) in [5.41, 5.74) is 1.28. The third-order valence-electron chi connectivity index (χ3n) is 4.24. The van der Waals surface area contributed by atoms with Crippen LogP contribution >= 0.6 is 15.9 Å². The Balaban J connectivity index is 1.78. The fourth-order valence-electron chi connectivity index (χ4n) is 2.93. The van der Waals surface area contributed by atoms with Gasteiger partial charge in [-0.15, -0.1) is 0 Å². The maximum Gasteiger partial charge on any atom is 0.191 e. The third kappa shape index (κ3) is 7.24. The van der Waals surface area contributed by atoms with E-state index in [4.69, 9.17) is 9.73 Å².